The first-order chi connectivity index (χ1) is 19.6. The molecule has 3 aromatic rings. The molecule has 4 N–H and O–H groups in total. The first-order valence-corrected chi connectivity index (χ1v) is 14.3. The van der Waals surface area contributed by atoms with Crippen molar-refractivity contribution in [3.05, 3.63) is 82.3 Å². The number of primary sulfonamides is 1. The van der Waals surface area contributed by atoms with E-state index < -0.39 is 62.5 Å². The summed E-state index contributed by atoms with van der Waals surface area (Å²) < 4.78 is 66.5. The van der Waals surface area contributed by atoms with E-state index in [2.05, 4.69) is 10.6 Å². The van der Waals surface area contributed by atoms with Crippen LogP contribution in [0.4, 0.5) is 14.5 Å². The van der Waals surface area contributed by atoms with Crippen molar-refractivity contribution in [2.45, 2.75) is 50.4 Å². The Morgan fingerprint density at radius 3 is 2.33 bits per heavy atom. The number of carbonyl (C=O) groups excluding carboxylic acids is 3. The number of nitrogens with one attached hydrogen (secondary N) is 2. The highest BCUT2D eigenvalue weighted by Gasteiger charge is 2.26. The molecule has 0 bridgehead atoms. The van der Waals surface area contributed by atoms with Crippen LogP contribution in [0.2, 0.25) is 5.02 Å². The highest BCUT2D eigenvalue weighted by Crippen LogP contribution is 2.29. The molecule has 2 aromatic carbocycles. The van der Waals surface area contributed by atoms with Crippen molar-refractivity contribution in [3.8, 4) is 0 Å². The Hall–Kier alpha value is -3.85. The summed E-state index contributed by atoms with van der Waals surface area (Å²) in [6.45, 7) is 4.18. The van der Waals surface area contributed by atoms with Crippen LogP contribution in [0.1, 0.15) is 47.2 Å². The van der Waals surface area contributed by atoms with Crippen molar-refractivity contribution in [2.75, 3.05) is 11.9 Å². The average molecular weight is 628 g/mol. The van der Waals surface area contributed by atoms with Gasteiger partial charge in [0.2, 0.25) is 10.0 Å². The van der Waals surface area contributed by atoms with Crippen molar-refractivity contribution in [2.24, 2.45) is 5.14 Å². The van der Waals surface area contributed by atoms with Gasteiger partial charge in [0.1, 0.15) is 28.9 Å². The summed E-state index contributed by atoms with van der Waals surface area (Å²) in [6.07, 6.45) is 0.0161. The van der Waals surface area contributed by atoms with E-state index in [0.29, 0.717) is 11.8 Å². The summed E-state index contributed by atoms with van der Waals surface area (Å²) in [7, 11) is -4.31. The molecule has 42 heavy (non-hydrogen) atoms. The molecule has 3 unspecified atom stereocenters. The summed E-state index contributed by atoms with van der Waals surface area (Å²) in [5, 5.41) is 10.7. The maximum Gasteiger partial charge on any atom is 0.347 e. The van der Waals surface area contributed by atoms with Gasteiger partial charge in [-0.05, 0) is 57.2 Å². The number of hydrogen-bond donors (Lipinski definition) is 3. The van der Waals surface area contributed by atoms with Crippen LogP contribution in [0.25, 0.3) is 0 Å². The highest BCUT2D eigenvalue weighted by molar-refractivity contribution is 7.89. The molecule has 0 aliphatic rings. The first kappa shape index (κ1) is 32.7. The molecule has 1 heterocycles. The number of hydrogen-bond acceptors (Lipinski definition) is 10. The minimum absolute atomic E-state index is 0.0871. The van der Waals surface area contributed by atoms with Crippen LogP contribution in [-0.4, -0.2) is 50.9 Å². The van der Waals surface area contributed by atoms with Gasteiger partial charge >= 0.3 is 11.9 Å². The van der Waals surface area contributed by atoms with E-state index in [1.807, 2.05) is 0 Å². The molecule has 3 rings (SSSR count). The van der Waals surface area contributed by atoms with E-state index in [9.17, 15) is 31.6 Å². The Bertz CT molecular complexity index is 1550. The normalized spacial score (nSPS) is 13.6. The second-order valence-corrected chi connectivity index (χ2v) is 11.2. The summed E-state index contributed by atoms with van der Waals surface area (Å²) in [5.74, 6) is -3.87. The zero-order valence-corrected chi connectivity index (χ0v) is 24.2. The third-order valence-electron chi connectivity index (χ3n) is 5.80. The second kappa shape index (κ2) is 13.9. The monoisotopic (exact) mass is 627 g/mol. The molecule has 0 aliphatic heterocycles. The Morgan fingerprint density at radius 1 is 1.07 bits per heavy atom. The number of esters is 2. The van der Waals surface area contributed by atoms with Gasteiger partial charge in [-0.3, -0.25) is 4.79 Å². The number of rotatable bonds is 13. The van der Waals surface area contributed by atoms with Crippen LogP contribution in [0, 0.1) is 11.6 Å². The third kappa shape index (κ3) is 8.82. The van der Waals surface area contributed by atoms with Crippen molar-refractivity contribution in [1.82, 2.24) is 5.32 Å². The van der Waals surface area contributed by atoms with E-state index >= 15 is 0 Å². The molecule has 0 radical (unpaired) electrons. The molecule has 3 atom stereocenters. The number of sulfonamides is 1. The smallest absolute Gasteiger partial charge is 0.347 e. The number of nitrogens with two attached hydrogens (primary N) is 1. The van der Waals surface area contributed by atoms with Crippen molar-refractivity contribution in [1.29, 1.82) is 0 Å². The SMILES string of the molecule is CC(COC(=O)C(C)OC(=O)c1cc(S(N)(=O)=O)c(Cl)cc1NCc1ccco1)NC(C)C(=O)c1cc(F)cc(F)c1. The molecule has 0 saturated heterocycles. The van der Waals surface area contributed by atoms with E-state index in [1.165, 1.54) is 26.2 Å². The van der Waals surface area contributed by atoms with Gasteiger partial charge < -0.3 is 24.5 Å². The molecule has 0 aliphatic carbocycles. The molecule has 0 amide bonds. The molecule has 1 aromatic heterocycles. The lowest BCUT2D eigenvalue weighted by molar-refractivity contribution is -0.153. The van der Waals surface area contributed by atoms with Gasteiger partial charge in [-0.25, -0.2) is 31.9 Å². The van der Waals surface area contributed by atoms with Crippen molar-refractivity contribution in [3.63, 3.8) is 0 Å². The van der Waals surface area contributed by atoms with Gasteiger partial charge in [-0.2, -0.15) is 0 Å². The summed E-state index contributed by atoms with van der Waals surface area (Å²) in [5.41, 5.74) is -0.349. The number of ether oxygens (including phenoxy) is 2. The van der Waals surface area contributed by atoms with Crippen LogP contribution in [0.3, 0.4) is 0 Å². The van der Waals surface area contributed by atoms with Crippen LogP contribution in [0.5, 0.6) is 0 Å². The van der Waals surface area contributed by atoms with E-state index in [4.69, 9.17) is 30.6 Å². The Kier molecular flexibility index (Phi) is 10.8. The maximum absolute atomic E-state index is 13.5. The van der Waals surface area contributed by atoms with E-state index in [-0.39, 0.29) is 35.0 Å². The highest BCUT2D eigenvalue weighted by atomic mass is 35.5. The number of carbonyl (C=O) groups is 3. The number of Topliss-reactive ketones (excluding diaryl/α,β-unsaturated/α-hetero) is 1. The van der Waals surface area contributed by atoms with Crippen LogP contribution < -0.4 is 15.8 Å². The van der Waals surface area contributed by atoms with Gasteiger partial charge in [-0.15, -0.1) is 0 Å². The predicted octanol–water partition coefficient (Wildman–Crippen LogP) is 3.81. The minimum Gasteiger partial charge on any atom is -0.467 e. The van der Waals surface area contributed by atoms with Gasteiger partial charge in [0.15, 0.2) is 11.9 Å². The Labute approximate surface area is 245 Å². The lowest BCUT2D eigenvalue weighted by atomic mass is 10.0. The number of furan rings is 1. The molecule has 11 nitrogen and oxygen atoms in total. The molecule has 0 saturated carbocycles. The number of ketones is 1. The first-order valence-electron chi connectivity index (χ1n) is 12.4. The lowest BCUT2D eigenvalue weighted by Gasteiger charge is -2.20. The number of anilines is 1. The minimum atomic E-state index is -4.31. The van der Waals surface area contributed by atoms with Crippen molar-refractivity contribution < 1.29 is 45.5 Å². The summed E-state index contributed by atoms with van der Waals surface area (Å²) in [6, 6.07) is 6.43. The van der Waals surface area contributed by atoms with E-state index in [0.717, 1.165) is 18.2 Å². The molecule has 0 spiro atoms. The average Bonchev–Trinajstić information content (AvgIpc) is 3.42. The van der Waals surface area contributed by atoms with Crippen LogP contribution in [0.15, 0.2) is 58.0 Å². The predicted molar refractivity (Wildman–Crippen MR) is 147 cm³/mol. The van der Waals surface area contributed by atoms with E-state index in [1.54, 1.807) is 19.1 Å². The van der Waals surface area contributed by atoms with Gasteiger partial charge in [0.05, 0.1) is 35.1 Å². The largest absolute Gasteiger partial charge is 0.467 e. The van der Waals surface area contributed by atoms with Crippen molar-refractivity contribution >= 4 is 45.0 Å². The zero-order chi connectivity index (χ0) is 31.2. The van der Waals surface area contributed by atoms with Crippen LogP contribution >= 0.6 is 11.6 Å². The number of halogens is 3. The maximum atomic E-state index is 13.5. The van der Waals surface area contributed by atoms with Gasteiger partial charge in [0.25, 0.3) is 0 Å². The quantitative estimate of drug-likeness (QED) is 0.187. The fourth-order valence-corrected chi connectivity index (χ4v) is 4.87. The topological polar surface area (TPSA) is 167 Å². The fourth-order valence-electron chi connectivity index (χ4n) is 3.78. The molecule has 15 heteroatoms. The Morgan fingerprint density at radius 2 is 1.74 bits per heavy atom. The Balaban J connectivity index is 1.62. The standard InChI is InChI=1S/C27H28ClF2N3O8S/c1-14(33-15(2)25(34)17-7-18(29)9-19(30)8-17)13-40-26(35)16(3)41-27(36)21-10-24(42(31,37)38)22(28)11-23(21)32-12-20-5-4-6-39-20/h4-11,14-16,32-33H,12-13H2,1-3H3,(H2,31,37,38). The second-order valence-electron chi connectivity index (χ2n) is 9.30. The zero-order valence-electron chi connectivity index (χ0n) is 22.7. The van der Waals surface area contributed by atoms with Gasteiger partial charge in [0, 0.05) is 17.7 Å². The molecule has 0 fully saturated rings. The molecular formula is C27H28ClF2N3O8S. The summed E-state index contributed by atoms with van der Waals surface area (Å²) >= 11 is 6.07. The fraction of sp³-hybridized carbons (Fsp3) is 0.296. The number of benzene rings is 2. The third-order valence-corrected chi connectivity index (χ3v) is 7.17. The van der Waals surface area contributed by atoms with Crippen LogP contribution in [-0.2, 0) is 30.8 Å². The molecular weight excluding hydrogens is 600 g/mol. The van der Waals surface area contributed by atoms with Gasteiger partial charge in [-0.1, -0.05) is 11.6 Å². The molecule has 226 valence electrons. The lowest BCUT2D eigenvalue weighted by Crippen LogP contribution is -2.43. The summed E-state index contributed by atoms with van der Waals surface area (Å²) in [4.78, 5) is 37.5.